The lowest BCUT2D eigenvalue weighted by molar-refractivity contribution is -0.120. The minimum absolute atomic E-state index is 0.00503. The molecule has 0 unspecified atom stereocenters. The van der Waals surface area contributed by atoms with Crippen LogP contribution < -0.4 is 10.1 Å². The van der Waals surface area contributed by atoms with Crippen LogP contribution in [0.25, 0.3) is 0 Å². The Hall–Kier alpha value is -3.14. The molecule has 0 saturated heterocycles. The summed E-state index contributed by atoms with van der Waals surface area (Å²) in [6, 6.07) is 17.8. The number of nitrogens with zero attached hydrogens (tertiary/aromatic N) is 1. The van der Waals surface area contributed by atoms with Crippen molar-refractivity contribution in [1.82, 2.24) is 10.3 Å². The van der Waals surface area contributed by atoms with Crippen molar-refractivity contribution in [3.05, 3.63) is 88.6 Å². The fraction of sp³-hybridized carbons (Fsp3) is 0.217. The molecular weight excluding hydrogens is 336 g/mol. The first kappa shape index (κ1) is 18.6. The van der Waals surface area contributed by atoms with Gasteiger partial charge in [0.25, 0.3) is 0 Å². The number of rotatable bonds is 6. The Morgan fingerprint density at radius 3 is 2.33 bits per heavy atom. The predicted molar refractivity (Wildman–Crippen MR) is 107 cm³/mol. The summed E-state index contributed by atoms with van der Waals surface area (Å²) in [4.78, 5) is 16.4. The molecule has 1 heterocycles. The van der Waals surface area contributed by atoms with E-state index in [1.807, 2.05) is 69.3 Å². The molecule has 0 radical (unpaired) electrons. The van der Waals surface area contributed by atoms with Gasteiger partial charge in [-0.25, -0.2) is 4.98 Å². The van der Waals surface area contributed by atoms with E-state index < -0.39 is 0 Å². The maximum atomic E-state index is 12.1. The van der Waals surface area contributed by atoms with Crippen molar-refractivity contribution in [1.29, 1.82) is 0 Å². The number of carbonyl (C=O) groups excluding carboxylic acids is 1. The maximum absolute atomic E-state index is 12.1. The third kappa shape index (κ3) is 5.42. The Bertz CT molecular complexity index is 916. The Kier molecular flexibility index (Phi) is 5.87. The van der Waals surface area contributed by atoms with Crippen molar-refractivity contribution in [2.24, 2.45) is 0 Å². The third-order valence-electron chi connectivity index (χ3n) is 4.33. The van der Waals surface area contributed by atoms with Crippen molar-refractivity contribution in [2.45, 2.75) is 33.7 Å². The predicted octanol–water partition coefficient (Wildman–Crippen LogP) is 4.66. The summed E-state index contributed by atoms with van der Waals surface area (Å²) >= 11 is 0. The Labute approximate surface area is 160 Å². The number of benzene rings is 2. The fourth-order valence-electron chi connectivity index (χ4n) is 2.66. The van der Waals surface area contributed by atoms with Gasteiger partial charge in [-0.15, -0.1) is 0 Å². The first-order valence-electron chi connectivity index (χ1n) is 9.02. The van der Waals surface area contributed by atoms with Crippen LogP contribution in [-0.2, 0) is 17.8 Å². The molecule has 0 saturated carbocycles. The van der Waals surface area contributed by atoms with Crippen molar-refractivity contribution in [2.75, 3.05) is 0 Å². The SMILES string of the molecule is Cc1ccc(CC(=O)NCc2ccc(Oc3cc(C)ccc3C)nc2)cc1. The number of hydrogen-bond acceptors (Lipinski definition) is 3. The largest absolute Gasteiger partial charge is 0.439 e. The topological polar surface area (TPSA) is 51.2 Å². The zero-order valence-electron chi connectivity index (χ0n) is 16.0. The molecule has 4 nitrogen and oxygen atoms in total. The molecule has 0 aliphatic heterocycles. The summed E-state index contributed by atoms with van der Waals surface area (Å²) in [6.45, 7) is 6.51. The molecule has 138 valence electrons. The Morgan fingerprint density at radius 2 is 1.63 bits per heavy atom. The zero-order valence-corrected chi connectivity index (χ0v) is 16.0. The third-order valence-corrected chi connectivity index (χ3v) is 4.33. The molecule has 1 aromatic heterocycles. The summed E-state index contributed by atoms with van der Waals surface area (Å²) in [5.41, 5.74) is 5.33. The quantitative estimate of drug-likeness (QED) is 0.696. The Balaban J connectivity index is 1.53. The molecule has 3 aromatic rings. The van der Waals surface area contributed by atoms with Crippen LogP contribution >= 0.6 is 0 Å². The lowest BCUT2D eigenvalue weighted by atomic mass is 10.1. The second-order valence-corrected chi connectivity index (χ2v) is 6.81. The van der Waals surface area contributed by atoms with E-state index in [0.29, 0.717) is 18.8 Å². The number of ether oxygens (including phenoxy) is 1. The standard InChI is InChI=1S/C23H24N2O2/c1-16-5-8-19(9-6-16)13-22(26)24-14-20-10-11-23(25-15-20)27-21-12-17(2)4-7-18(21)3/h4-12,15H,13-14H2,1-3H3,(H,24,26). The second-order valence-electron chi connectivity index (χ2n) is 6.81. The van der Waals surface area contributed by atoms with Gasteiger partial charge in [-0.3, -0.25) is 4.79 Å². The van der Waals surface area contributed by atoms with E-state index in [1.54, 1.807) is 6.20 Å². The number of amides is 1. The minimum atomic E-state index is -0.00503. The summed E-state index contributed by atoms with van der Waals surface area (Å²) < 4.78 is 5.86. The fourth-order valence-corrected chi connectivity index (χ4v) is 2.66. The summed E-state index contributed by atoms with van der Waals surface area (Å²) in [5.74, 6) is 1.34. The van der Waals surface area contributed by atoms with Crippen LogP contribution in [-0.4, -0.2) is 10.9 Å². The van der Waals surface area contributed by atoms with Gasteiger partial charge in [0.1, 0.15) is 5.75 Å². The van der Waals surface area contributed by atoms with Crippen LogP contribution in [0.5, 0.6) is 11.6 Å². The lowest BCUT2D eigenvalue weighted by Crippen LogP contribution is -2.24. The average Bonchev–Trinajstić information content (AvgIpc) is 2.66. The minimum Gasteiger partial charge on any atom is -0.439 e. The van der Waals surface area contributed by atoms with Crippen LogP contribution in [0.2, 0.25) is 0 Å². The monoisotopic (exact) mass is 360 g/mol. The number of nitrogens with one attached hydrogen (secondary N) is 1. The highest BCUT2D eigenvalue weighted by Crippen LogP contribution is 2.24. The molecular formula is C23H24N2O2. The lowest BCUT2D eigenvalue weighted by Gasteiger charge is -2.10. The number of hydrogen-bond donors (Lipinski definition) is 1. The highest BCUT2D eigenvalue weighted by atomic mass is 16.5. The maximum Gasteiger partial charge on any atom is 0.224 e. The van der Waals surface area contributed by atoms with Gasteiger partial charge in [-0.1, -0.05) is 48.0 Å². The van der Waals surface area contributed by atoms with Crippen LogP contribution in [0.4, 0.5) is 0 Å². The molecule has 4 heteroatoms. The van der Waals surface area contributed by atoms with Gasteiger partial charge >= 0.3 is 0 Å². The van der Waals surface area contributed by atoms with E-state index in [9.17, 15) is 4.79 Å². The van der Waals surface area contributed by atoms with Gasteiger partial charge in [0, 0.05) is 18.8 Å². The zero-order chi connectivity index (χ0) is 19.2. The summed E-state index contributed by atoms with van der Waals surface area (Å²) in [7, 11) is 0. The highest BCUT2D eigenvalue weighted by Gasteiger charge is 2.06. The van der Waals surface area contributed by atoms with E-state index in [0.717, 1.165) is 28.0 Å². The van der Waals surface area contributed by atoms with E-state index >= 15 is 0 Å². The normalized spacial score (nSPS) is 10.5. The Morgan fingerprint density at radius 1 is 0.926 bits per heavy atom. The van der Waals surface area contributed by atoms with Gasteiger partial charge in [-0.05, 0) is 49.1 Å². The molecule has 0 atom stereocenters. The van der Waals surface area contributed by atoms with Crippen LogP contribution in [0.15, 0.2) is 60.8 Å². The van der Waals surface area contributed by atoms with Crippen LogP contribution in [0.1, 0.15) is 27.8 Å². The first-order valence-corrected chi connectivity index (χ1v) is 9.02. The van der Waals surface area contributed by atoms with Gasteiger partial charge in [-0.2, -0.15) is 0 Å². The van der Waals surface area contributed by atoms with E-state index in [4.69, 9.17) is 4.74 Å². The molecule has 0 bridgehead atoms. The molecule has 27 heavy (non-hydrogen) atoms. The summed E-state index contributed by atoms with van der Waals surface area (Å²) in [5, 5.41) is 2.93. The smallest absolute Gasteiger partial charge is 0.224 e. The average molecular weight is 360 g/mol. The van der Waals surface area contributed by atoms with E-state index in [1.165, 1.54) is 5.56 Å². The number of pyridine rings is 1. The number of aromatic nitrogens is 1. The molecule has 0 spiro atoms. The van der Waals surface area contributed by atoms with Crippen molar-refractivity contribution in [3.8, 4) is 11.6 Å². The first-order chi connectivity index (χ1) is 13.0. The number of aryl methyl sites for hydroxylation is 3. The van der Waals surface area contributed by atoms with Crippen molar-refractivity contribution >= 4 is 5.91 Å². The molecule has 1 amide bonds. The second kappa shape index (κ2) is 8.49. The summed E-state index contributed by atoms with van der Waals surface area (Å²) in [6.07, 6.45) is 2.11. The van der Waals surface area contributed by atoms with Crippen molar-refractivity contribution < 1.29 is 9.53 Å². The van der Waals surface area contributed by atoms with Gasteiger partial charge < -0.3 is 10.1 Å². The number of carbonyl (C=O) groups is 1. The highest BCUT2D eigenvalue weighted by molar-refractivity contribution is 5.78. The molecule has 2 aromatic carbocycles. The van der Waals surface area contributed by atoms with Crippen LogP contribution in [0.3, 0.4) is 0 Å². The van der Waals surface area contributed by atoms with Gasteiger partial charge in [0.05, 0.1) is 6.42 Å². The molecule has 1 N–H and O–H groups in total. The van der Waals surface area contributed by atoms with Crippen molar-refractivity contribution in [3.63, 3.8) is 0 Å². The van der Waals surface area contributed by atoms with Gasteiger partial charge in [0.2, 0.25) is 11.8 Å². The van der Waals surface area contributed by atoms with E-state index in [-0.39, 0.29) is 5.91 Å². The van der Waals surface area contributed by atoms with Gasteiger partial charge in [0.15, 0.2) is 0 Å². The molecule has 0 fully saturated rings. The molecule has 0 aliphatic carbocycles. The molecule has 0 aliphatic rings. The van der Waals surface area contributed by atoms with Crippen LogP contribution in [0, 0.1) is 20.8 Å². The molecule has 3 rings (SSSR count). The van der Waals surface area contributed by atoms with E-state index in [2.05, 4.69) is 16.4 Å².